The summed E-state index contributed by atoms with van der Waals surface area (Å²) >= 11 is 0. The Balaban J connectivity index is 2.62. The fourth-order valence-electron chi connectivity index (χ4n) is 2.19. The minimum atomic E-state index is -3.43. The number of carbonyl (C=O) groups is 1. The van der Waals surface area contributed by atoms with Crippen LogP contribution >= 0.6 is 0 Å². The molecule has 0 spiro atoms. The van der Waals surface area contributed by atoms with Crippen molar-refractivity contribution in [3.63, 3.8) is 0 Å². The zero-order valence-electron chi connectivity index (χ0n) is 12.5. The Morgan fingerprint density at radius 2 is 1.82 bits per heavy atom. The molecule has 0 radical (unpaired) electrons. The van der Waals surface area contributed by atoms with E-state index in [9.17, 15) is 18.3 Å². The normalized spacial score (nSPS) is 11.2. The molecule has 2 aromatic carbocycles. The Hall–Kier alpha value is -2.34. The average Bonchev–Trinajstić information content (AvgIpc) is 2.39. The topological polar surface area (TPSA) is 83.5 Å². The first-order valence-corrected chi connectivity index (χ1v) is 8.50. The van der Waals surface area contributed by atoms with Crippen molar-refractivity contribution in [2.75, 3.05) is 11.6 Å². The fraction of sp³-hybridized carbons (Fsp3) is 0.188. The average molecular weight is 319 g/mol. The maximum atomic E-state index is 11.9. The van der Waals surface area contributed by atoms with Crippen molar-refractivity contribution in [3.05, 3.63) is 53.1 Å². The summed E-state index contributed by atoms with van der Waals surface area (Å²) < 4.78 is 23.9. The molecule has 0 unspecified atom stereocenters. The first-order valence-electron chi connectivity index (χ1n) is 6.61. The molecule has 0 aliphatic heterocycles. The number of nitrogens with one attached hydrogen (secondary N) is 1. The second-order valence-corrected chi connectivity index (χ2v) is 7.18. The van der Waals surface area contributed by atoms with E-state index in [2.05, 4.69) is 5.32 Å². The largest absolute Gasteiger partial charge is 0.478 e. The van der Waals surface area contributed by atoms with Crippen LogP contribution in [0.5, 0.6) is 0 Å². The summed E-state index contributed by atoms with van der Waals surface area (Å²) in [6.45, 7) is 3.61. The van der Waals surface area contributed by atoms with Crippen LogP contribution in [-0.2, 0) is 9.84 Å². The van der Waals surface area contributed by atoms with E-state index in [1.165, 1.54) is 12.1 Å². The third-order valence-electron chi connectivity index (χ3n) is 3.30. The van der Waals surface area contributed by atoms with Crippen molar-refractivity contribution in [3.8, 4) is 0 Å². The van der Waals surface area contributed by atoms with Gasteiger partial charge in [-0.1, -0.05) is 18.2 Å². The van der Waals surface area contributed by atoms with Crippen molar-refractivity contribution < 1.29 is 18.3 Å². The van der Waals surface area contributed by atoms with E-state index in [0.717, 1.165) is 17.4 Å². The molecular formula is C16H17NO4S. The molecule has 2 N–H and O–H groups in total. The van der Waals surface area contributed by atoms with Gasteiger partial charge in [0, 0.05) is 6.26 Å². The molecule has 116 valence electrons. The standard InChI is InChI=1S/C16H17NO4S/c1-10-7-8-12(16(18)19)13(9-10)17-15-11(2)5-4-6-14(15)22(3,20)21/h4-9,17H,1-3H3,(H,18,19). The number of rotatable bonds is 4. The summed E-state index contributed by atoms with van der Waals surface area (Å²) in [5.41, 5.74) is 2.46. The second kappa shape index (κ2) is 5.81. The molecule has 0 aromatic heterocycles. The molecule has 0 fully saturated rings. The van der Waals surface area contributed by atoms with Gasteiger partial charge in [-0.25, -0.2) is 13.2 Å². The Morgan fingerprint density at radius 1 is 1.14 bits per heavy atom. The van der Waals surface area contributed by atoms with Gasteiger partial charge < -0.3 is 10.4 Å². The van der Waals surface area contributed by atoms with Crippen LogP contribution in [-0.4, -0.2) is 25.7 Å². The van der Waals surface area contributed by atoms with Gasteiger partial charge in [-0.15, -0.1) is 0 Å². The monoisotopic (exact) mass is 319 g/mol. The van der Waals surface area contributed by atoms with Gasteiger partial charge in [0.1, 0.15) is 0 Å². The number of para-hydroxylation sites is 1. The van der Waals surface area contributed by atoms with Gasteiger partial charge >= 0.3 is 5.97 Å². The lowest BCUT2D eigenvalue weighted by atomic mass is 10.1. The molecule has 0 atom stereocenters. The van der Waals surface area contributed by atoms with Crippen molar-refractivity contribution in [2.24, 2.45) is 0 Å². The highest BCUT2D eigenvalue weighted by atomic mass is 32.2. The van der Waals surface area contributed by atoms with Crippen LogP contribution in [0.4, 0.5) is 11.4 Å². The molecule has 0 amide bonds. The highest BCUT2D eigenvalue weighted by Gasteiger charge is 2.17. The number of anilines is 2. The van der Waals surface area contributed by atoms with Gasteiger partial charge in [-0.3, -0.25) is 0 Å². The molecule has 0 bridgehead atoms. The summed E-state index contributed by atoms with van der Waals surface area (Å²) in [6.07, 6.45) is 1.13. The number of carboxylic acids is 1. The molecule has 2 aromatic rings. The fourth-order valence-corrected chi connectivity index (χ4v) is 3.10. The number of carboxylic acid groups (broad SMARTS) is 1. The molecule has 5 nitrogen and oxygen atoms in total. The minimum Gasteiger partial charge on any atom is -0.478 e. The molecule has 6 heteroatoms. The molecule has 22 heavy (non-hydrogen) atoms. The van der Waals surface area contributed by atoms with Crippen molar-refractivity contribution in [2.45, 2.75) is 18.7 Å². The summed E-state index contributed by atoms with van der Waals surface area (Å²) in [5, 5.41) is 12.3. The van der Waals surface area contributed by atoms with E-state index in [1.807, 2.05) is 6.92 Å². The Morgan fingerprint density at radius 3 is 2.41 bits per heavy atom. The number of benzene rings is 2. The van der Waals surface area contributed by atoms with Crippen LogP contribution in [0.3, 0.4) is 0 Å². The molecular weight excluding hydrogens is 302 g/mol. The van der Waals surface area contributed by atoms with E-state index in [-0.39, 0.29) is 10.5 Å². The maximum absolute atomic E-state index is 11.9. The van der Waals surface area contributed by atoms with Crippen molar-refractivity contribution >= 4 is 27.2 Å². The zero-order valence-corrected chi connectivity index (χ0v) is 13.4. The van der Waals surface area contributed by atoms with Gasteiger partial charge in [-0.2, -0.15) is 0 Å². The van der Waals surface area contributed by atoms with Crippen LogP contribution in [0.15, 0.2) is 41.3 Å². The number of hydrogen-bond acceptors (Lipinski definition) is 4. The van der Waals surface area contributed by atoms with Crippen LogP contribution in [0.25, 0.3) is 0 Å². The number of sulfone groups is 1. The molecule has 0 aliphatic rings. The van der Waals surface area contributed by atoms with Gasteiger partial charge in [0.25, 0.3) is 0 Å². The number of hydrogen-bond donors (Lipinski definition) is 2. The summed E-state index contributed by atoms with van der Waals surface area (Å²) in [4.78, 5) is 11.5. The smallest absolute Gasteiger partial charge is 0.337 e. The SMILES string of the molecule is Cc1ccc(C(=O)O)c(Nc2c(C)cccc2S(C)(=O)=O)c1. The quantitative estimate of drug-likeness (QED) is 0.904. The van der Waals surface area contributed by atoms with Gasteiger partial charge in [0.15, 0.2) is 9.84 Å². The summed E-state index contributed by atoms with van der Waals surface area (Å²) in [7, 11) is -3.43. The molecule has 0 aliphatic carbocycles. The first-order chi connectivity index (χ1) is 10.2. The predicted molar refractivity (Wildman–Crippen MR) is 85.7 cm³/mol. The third kappa shape index (κ3) is 3.28. The van der Waals surface area contributed by atoms with E-state index < -0.39 is 15.8 Å². The second-order valence-electron chi connectivity index (χ2n) is 5.20. The van der Waals surface area contributed by atoms with E-state index in [0.29, 0.717) is 11.4 Å². The lowest BCUT2D eigenvalue weighted by Crippen LogP contribution is -2.08. The lowest BCUT2D eigenvalue weighted by Gasteiger charge is -2.16. The van der Waals surface area contributed by atoms with Crippen LogP contribution in [0.1, 0.15) is 21.5 Å². The molecule has 0 saturated heterocycles. The number of aryl methyl sites for hydroxylation is 2. The molecule has 2 rings (SSSR count). The summed E-state index contributed by atoms with van der Waals surface area (Å²) in [6, 6.07) is 9.81. The number of aromatic carboxylic acids is 1. The van der Waals surface area contributed by atoms with E-state index >= 15 is 0 Å². The Bertz CT molecular complexity index is 841. The zero-order chi connectivity index (χ0) is 16.5. The van der Waals surface area contributed by atoms with E-state index in [1.54, 1.807) is 31.2 Å². The Labute approximate surface area is 129 Å². The maximum Gasteiger partial charge on any atom is 0.337 e. The highest BCUT2D eigenvalue weighted by molar-refractivity contribution is 7.90. The lowest BCUT2D eigenvalue weighted by molar-refractivity contribution is 0.0698. The molecule has 0 saturated carbocycles. The van der Waals surface area contributed by atoms with Crippen molar-refractivity contribution in [1.82, 2.24) is 0 Å². The van der Waals surface area contributed by atoms with Crippen molar-refractivity contribution in [1.29, 1.82) is 0 Å². The van der Waals surface area contributed by atoms with Gasteiger partial charge in [-0.05, 0) is 43.2 Å². The first kappa shape index (κ1) is 16.0. The summed E-state index contributed by atoms with van der Waals surface area (Å²) in [5.74, 6) is -1.07. The van der Waals surface area contributed by atoms with Crippen LogP contribution in [0, 0.1) is 13.8 Å². The minimum absolute atomic E-state index is 0.0910. The van der Waals surface area contributed by atoms with E-state index in [4.69, 9.17) is 0 Å². The Kier molecular flexibility index (Phi) is 4.23. The van der Waals surface area contributed by atoms with Gasteiger partial charge in [0.2, 0.25) is 0 Å². The van der Waals surface area contributed by atoms with Crippen LogP contribution < -0.4 is 5.32 Å². The third-order valence-corrected chi connectivity index (χ3v) is 4.44. The van der Waals surface area contributed by atoms with Crippen LogP contribution in [0.2, 0.25) is 0 Å². The van der Waals surface area contributed by atoms with Gasteiger partial charge in [0.05, 0.1) is 21.8 Å². The highest BCUT2D eigenvalue weighted by Crippen LogP contribution is 2.30. The predicted octanol–water partition coefficient (Wildman–Crippen LogP) is 3.15. The molecule has 0 heterocycles.